The molecule has 2 amide bonds. The normalized spacial score (nSPS) is 17.8. The Kier molecular flexibility index (Phi) is 14.0. The number of Topliss-reactive ketones (excluding diaryl/α,β-unsaturated/α-hetero) is 1. The topological polar surface area (TPSA) is 119 Å². The quantitative estimate of drug-likeness (QED) is 0.251. The van der Waals surface area contributed by atoms with Crippen LogP contribution in [0.25, 0.3) is 0 Å². The first kappa shape index (κ1) is 30.1. The second kappa shape index (κ2) is 15.8. The van der Waals surface area contributed by atoms with Crippen molar-refractivity contribution in [1.29, 1.82) is 0 Å². The Morgan fingerprint density at radius 1 is 1.03 bits per heavy atom. The summed E-state index contributed by atoms with van der Waals surface area (Å²) in [6.45, 7) is 7.49. The van der Waals surface area contributed by atoms with Crippen molar-refractivity contribution in [3.63, 3.8) is 0 Å². The minimum Gasteiger partial charge on any atom is -0.444 e. The highest BCUT2D eigenvalue weighted by atomic mass is 16.6. The van der Waals surface area contributed by atoms with Gasteiger partial charge in [0, 0.05) is 19.0 Å². The van der Waals surface area contributed by atoms with Gasteiger partial charge in [-0.15, -0.1) is 0 Å². The van der Waals surface area contributed by atoms with Crippen LogP contribution >= 0.6 is 0 Å². The molecule has 3 atom stereocenters. The minimum absolute atomic E-state index is 0.00943. The van der Waals surface area contributed by atoms with Gasteiger partial charge in [0.25, 0.3) is 0 Å². The fourth-order valence-corrected chi connectivity index (χ4v) is 4.40. The third-order valence-corrected chi connectivity index (χ3v) is 6.10. The monoisotopic (exact) mass is 481 g/mol. The van der Waals surface area contributed by atoms with Crippen molar-refractivity contribution < 1.29 is 23.9 Å². The molecule has 0 aromatic heterocycles. The fourth-order valence-electron chi connectivity index (χ4n) is 4.40. The molecule has 0 aliphatic carbocycles. The summed E-state index contributed by atoms with van der Waals surface area (Å²) in [5.41, 5.74) is 5.29. The fraction of sp³-hybridized carbons (Fsp3) is 0.846. The molecule has 34 heavy (non-hydrogen) atoms. The molecule has 1 saturated heterocycles. The summed E-state index contributed by atoms with van der Waals surface area (Å²) in [5.74, 6) is -0.0369. The van der Waals surface area contributed by atoms with E-state index in [9.17, 15) is 19.2 Å². The largest absolute Gasteiger partial charge is 0.444 e. The lowest BCUT2D eigenvalue weighted by molar-refractivity contribution is -0.136. The number of hydrogen-bond acceptors (Lipinski definition) is 6. The molecule has 0 bridgehead atoms. The van der Waals surface area contributed by atoms with Crippen molar-refractivity contribution in [3.05, 3.63) is 0 Å². The molecule has 196 valence electrons. The smallest absolute Gasteiger partial charge is 0.408 e. The molecule has 1 unspecified atom stereocenters. The maximum Gasteiger partial charge on any atom is 0.408 e. The second-order valence-electron chi connectivity index (χ2n) is 10.6. The Bertz CT molecular complexity index is 647. The molecule has 1 fully saturated rings. The third kappa shape index (κ3) is 13.1. The number of nitrogens with two attached hydrogens (primary N) is 1. The van der Waals surface area contributed by atoms with Crippen LogP contribution in [0.4, 0.5) is 4.79 Å². The van der Waals surface area contributed by atoms with E-state index in [4.69, 9.17) is 10.5 Å². The van der Waals surface area contributed by atoms with Gasteiger partial charge in [-0.2, -0.15) is 0 Å². The Morgan fingerprint density at radius 2 is 1.59 bits per heavy atom. The molecule has 8 nitrogen and oxygen atoms in total. The van der Waals surface area contributed by atoms with Gasteiger partial charge in [-0.25, -0.2) is 4.79 Å². The lowest BCUT2D eigenvalue weighted by atomic mass is 10.0. The van der Waals surface area contributed by atoms with Crippen molar-refractivity contribution >= 4 is 24.1 Å². The van der Waals surface area contributed by atoms with E-state index in [1.165, 1.54) is 0 Å². The molecule has 0 radical (unpaired) electrons. The van der Waals surface area contributed by atoms with Crippen molar-refractivity contribution in [2.45, 2.75) is 135 Å². The summed E-state index contributed by atoms with van der Waals surface area (Å²) >= 11 is 0. The van der Waals surface area contributed by atoms with Crippen LogP contribution in [0, 0.1) is 0 Å². The van der Waals surface area contributed by atoms with Crippen LogP contribution in [-0.4, -0.2) is 59.2 Å². The molecular formula is C26H47N3O5. The number of carbonyl (C=O) groups is 4. The van der Waals surface area contributed by atoms with Crippen LogP contribution in [0.15, 0.2) is 0 Å². The van der Waals surface area contributed by atoms with Gasteiger partial charge >= 0.3 is 6.09 Å². The van der Waals surface area contributed by atoms with Crippen LogP contribution in [0.3, 0.4) is 0 Å². The van der Waals surface area contributed by atoms with Crippen LogP contribution in [0.2, 0.25) is 0 Å². The van der Waals surface area contributed by atoms with E-state index in [0.717, 1.165) is 70.5 Å². The van der Waals surface area contributed by atoms with Gasteiger partial charge in [-0.05, 0) is 53.4 Å². The van der Waals surface area contributed by atoms with Gasteiger partial charge in [-0.3, -0.25) is 9.59 Å². The van der Waals surface area contributed by atoms with E-state index in [-0.39, 0.29) is 17.7 Å². The summed E-state index contributed by atoms with van der Waals surface area (Å²) in [6.07, 6.45) is 12.2. The van der Waals surface area contributed by atoms with E-state index in [2.05, 4.69) is 5.32 Å². The van der Waals surface area contributed by atoms with Crippen LogP contribution in [-0.2, 0) is 19.1 Å². The summed E-state index contributed by atoms with van der Waals surface area (Å²) in [5, 5.41) is 2.74. The molecule has 0 aromatic rings. The number of amides is 2. The predicted octanol–water partition coefficient (Wildman–Crippen LogP) is 4.28. The highest BCUT2D eigenvalue weighted by Gasteiger charge is 2.34. The lowest BCUT2D eigenvalue weighted by Gasteiger charge is -2.28. The third-order valence-electron chi connectivity index (χ3n) is 6.10. The molecule has 1 aliphatic rings. The van der Waals surface area contributed by atoms with E-state index in [1.807, 2.05) is 0 Å². The SMILES string of the molecule is CC(=O)C[C@@H](N)CCCCCCCCCC[C@H](NC(=O)OC(C)(C)C)C(=O)N1CCCC1C=O. The van der Waals surface area contributed by atoms with Crippen LogP contribution < -0.4 is 11.1 Å². The number of hydrogen-bond donors (Lipinski definition) is 2. The maximum absolute atomic E-state index is 13.1. The van der Waals surface area contributed by atoms with Gasteiger partial charge < -0.3 is 25.5 Å². The summed E-state index contributed by atoms with van der Waals surface area (Å²) in [4.78, 5) is 49.3. The molecule has 0 aromatic carbocycles. The highest BCUT2D eigenvalue weighted by Crippen LogP contribution is 2.19. The molecular weight excluding hydrogens is 434 g/mol. The van der Waals surface area contributed by atoms with E-state index >= 15 is 0 Å². The number of alkyl carbamates (subject to hydrolysis) is 1. The molecule has 3 N–H and O–H groups in total. The number of nitrogens with zero attached hydrogens (tertiary/aromatic N) is 1. The number of rotatable bonds is 16. The first-order valence-corrected chi connectivity index (χ1v) is 13.0. The predicted molar refractivity (Wildman–Crippen MR) is 133 cm³/mol. The van der Waals surface area contributed by atoms with Crippen molar-refractivity contribution in [2.75, 3.05) is 6.54 Å². The number of aldehydes is 1. The first-order valence-electron chi connectivity index (χ1n) is 13.0. The highest BCUT2D eigenvalue weighted by molar-refractivity contribution is 5.88. The van der Waals surface area contributed by atoms with Gasteiger partial charge in [-0.1, -0.05) is 51.4 Å². The van der Waals surface area contributed by atoms with E-state index in [0.29, 0.717) is 25.8 Å². The average molecular weight is 482 g/mol. The molecule has 0 saturated carbocycles. The number of ether oxygens (including phenoxy) is 1. The molecule has 0 spiro atoms. The Hall–Kier alpha value is -1.96. The lowest BCUT2D eigenvalue weighted by Crippen LogP contribution is -2.51. The molecule has 1 rings (SSSR count). The number of likely N-dealkylation sites (tertiary alicyclic amines) is 1. The van der Waals surface area contributed by atoms with Crippen LogP contribution in [0.5, 0.6) is 0 Å². The van der Waals surface area contributed by atoms with Crippen molar-refractivity contribution in [2.24, 2.45) is 5.73 Å². The summed E-state index contributed by atoms with van der Waals surface area (Å²) in [7, 11) is 0. The average Bonchev–Trinajstić information content (AvgIpc) is 3.20. The number of nitrogens with one attached hydrogen (secondary N) is 1. The Morgan fingerprint density at radius 3 is 2.12 bits per heavy atom. The Balaban J connectivity index is 2.34. The van der Waals surface area contributed by atoms with E-state index < -0.39 is 23.8 Å². The zero-order valence-electron chi connectivity index (χ0n) is 21.8. The summed E-state index contributed by atoms with van der Waals surface area (Å²) < 4.78 is 5.34. The first-order chi connectivity index (χ1) is 16.0. The van der Waals surface area contributed by atoms with Crippen molar-refractivity contribution in [3.8, 4) is 0 Å². The molecule has 1 heterocycles. The van der Waals surface area contributed by atoms with Gasteiger partial charge in [0.2, 0.25) is 5.91 Å². The van der Waals surface area contributed by atoms with E-state index in [1.54, 1.807) is 32.6 Å². The Labute approximate surface area is 205 Å². The summed E-state index contributed by atoms with van der Waals surface area (Å²) in [6, 6.07) is -1.08. The zero-order valence-corrected chi connectivity index (χ0v) is 21.8. The number of carbonyl (C=O) groups excluding carboxylic acids is 4. The van der Waals surface area contributed by atoms with Crippen molar-refractivity contribution in [1.82, 2.24) is 10.2 Å². The molecule has 8 heteroatoms. The number of ketones is 1. The van der Waals surface area contributed by atoms with Gasteiger partial charge in [0.1, 0.15) is 23.7 Å². The van der Waals surface area contributed by atoms with Gasteiger partial charge in [0.15, 0.2) is 0 Å². The molecule has 1 aliphatic heterocycles. The number of unbranched alkanes of at least 4 members (excludes halogenated alkanes) is 7. The minimum atomic E-state index is -0.672. The standard InChI is InChI=1S/C26H47N3O5/c1-20(31)18-21(27)14-11-9-7-5-6-8-10-12-16-23(28-25(33)34-26(2,3)4)24(32)29-17-13-15-22(29)19-30/h19,21-23H,5-18,27H2,1-4H3,(H,28,33)/t21-,22?,23-/m0/s1. The van der Waals surface area contributed by atoms with Crippen LogP contribution in [0.1, 0.15) is 111 Å². The second-order valence-corrected chi connectivity index (χ2v) is 10.6. The van der Waals surface area contributed by atoms with Gasteiger partial charge in [0.05, 0.1) is 6.04 Å². The zero-order chi connectivity index (χ0) is 25.6. The maximum atomic E-state index is 13.1.